The van der Waals surface area contributed by atoms with E-state index >= 15 is 0 Å². The van der Waals surface area contributed by atoms with Crippen LogP contribution in [0.2, 0.25) is 0 Å². The van der Waals surface area contributed by atoms with Gasteiger partial charge in [-0.1, -0.05) is 67.3 Å². The number of hydrogen-bond acceptors (Lipinski definition) is 3. The van der Waals surface area contributed by atoms with Gasteiger partial charge in [-0.15, -0.1) is 0 Å². The fourth-order valence-corrected chi connectivity index (χ4v) is 4.24. The number of fused-ring (bicyclic) bond motifs is 1. The van der Waals surface area contributed by atoms with Crippen molar-refractivity contribution in [3.63, 3.8) is 0 Å². The van der Waals surface area contributed by atoms with E-state index in [4.69, 9.17) is 14.6 Å². The molecular formula is C28H26O4. The number of carboxylic acids is 1. The van der Waals surface area contributed by atoms with Crippen molar-refractivity contribution in [3.05, 3.63) is 101 Å². The Morgan fingerprint density at radius 3 is 2.50 bits per heavy atom. The predicted octanol–water partition coefficient (Wildman–Crippen LogP) is 4.62. The van der Waals surface area contributed by atoms with Crippen molar-refractivity contribution in [1.82, 2.24) is 0 Å². The highest BCUT2D eigenvalue weighted by molar-refractivity contribution is 5.72. The van der Waals surface area contributed by atoms with Crippen LogP contribution in [0.15, 0.2) is 72.8 Å². The molecule has 4 rings (SSSR count). The van der Waals surface area contributed by atoms with Gasteiger partial charge in [0.05, 0.1) is 0 Å². The summed E-state index contributed by atoms with van der Waals surface area (Å²) < 4.78 is 10.8. The summed E-state index contributed by atoms with van der Waals surface area (Å²) in [6.45, 7) is 2.60. The highest BCUT2D eigenvalue weighted by Crippen LogP contribution is 2.46. The van der Waals surface area contributed by atoms with Gasteiger partial charge < -0.3 is 14.6 Å². The topological polar surface area (TPSA) is 55.8 Å². The lowest BCUT2D eigenvalue weighted by atomic mass is 9.61. The van der Waals surface area contributed by atoms with E-state index in [0.29, 0.717) is 13.0 Å². The largest absolute Gasteiger partial charge is 0.481 e. The average Bonchev–Trinajstić information content (AvgIpc) is 2.80. The number of carboxylic acid groups (broad SMARTS) is 1. The van der Waals surface area contributed by atoms with Crippen LogP contribution in [0.4, 0.5) is 0 Å². The maximum atomic E-state index is 11.1. The van der Waals surface area contributed by atoms with Crippen LogP contribution >= 0.6 is 0 Å². The number of hydrogen-bond donors (Lipinski definition) is 1. The van der Waals surface area contributed by atoms with Crippen molar-refractivity contribution in [2.75, 3.05) is 13.7 Å². The maximum Gasteiger partial charge on any atom is 0.333 e. The minimum atomic E-state index is -0.964. The highest BCUT2D eigenvalue weighted by atomic mass is 16.5. The van der Waals surface area contributed by atoms with E-state index in [1.807, 2.05) is 30.3 Å². The van der Waals surface area contributed by atoms with Gasteiger partial charge >= 0.3 is 5.97 Å². The van der Waals surface area contributed by atoms with Crippen molar-refractivity contribution in [2.45, 2.75) is 31.3 Å². The Bertz CT molecular complexity index is 1160. The second-order valence-corrected chi connectivity index (χ2v) is 8.25. The lowest BCUT2D eigenvalue weighted by Gasteiger charge is -2.42. The number of carbonyl (C=O) groups is 1. The molecule has 0 fully saturated rings. The molecule has 0 spiro atoms. The monoisotopic (exact) mass is 426 g/mol. The van der Waals surface area contributed by atoms with Crippen LogP contribution in [0.25, 0.3) is 0 Å². The molecule has 1 unspecified atom stereocenters. The first-order chi connectivity index (χ1) is 15.5. The normalized spacial score (nSPS) is 17.3. The van der Waals surface area contributed by atoms with Gasteiger partial charge in [0.15, 0.2) is 6.10 Å². The fraction of sp³-hybridized carbons (Fsp3) is 0.250. The van der Waals surface area contributed by atoms with Crippen LogP contribution in [-0.2, 0) is 27.8 Å². The van der Waals surface area contributed by atoms with Crippen molar-refractivity contribution < 1.29 is 19.4 Å². The molecule has 32 heavy (non-hydrogen) atoms. The molecule has 3 aromatic carbocycles. The molecule has 4 nitrogen and oxygen atoms in total. The second-order valence-electron chi connectivity index (χ2n) is 8.25. The zero-order valence-electron chi connectivity index (χ0n) is 18.3. The highest BCUT2D eigenvalue weighted by Gasteiger charge is 2.39. The molecule has 0 heterocycles. The SMILES string of the molecule is CO[C@@H](Cc1ccc(C#CCOc2ccc3c(c2)CC3(C)c2ccccc2)cc1)C(=O)O. The Labute approximate surface area is 188 Å². The van der Waals surface area contributed by atoms with Crippen LogP contribution < -0.4 is 4.74 Å². The van der Waals surface area contributed by atoms with E-state index in [1.54, 1.807) is 0 Å². The number of methoxy groups -OCH3 is 1. The lowest BCUT2D eigenvalue weighted by molar-refractivity contribution is -0.148. The summed E-state index contributed by atoms with van der Waals surface area (Å²) in [5, 5.41) is 9.08. The van der Waals surface area contributed by atoms with Crippen LogP contribution in [0.3, 0.4) is 0 Å². The van der Waals surface area contributed by atoms with E-state index in [0.717, 1.165) is 23.3 Å². The van der Waals surface area contributed by atoms with E-state index in [2.05, 4.69) is 61.2 Å². The van der Waals surface area contributed by atoms with Gasteiger partial charge in [-0.05, 0) is 52.9 Å². The summed E-state index contributed by atoms with van der Waals surface area (Å²) in [5.74, 6) is 6.00. The van der Waals surface area contributed by atoms with E-state index in [9.17, 15) is 4.79 Å². The molecule has 0 bridgehead atoms. The molecule has 3 aromatic rings. The average molecular weight is 427 g/mol. The van der Waals surface area contributed by atoms with Gasteiger partial charge in [0.25, 0.3) is 0 Å². The van der Waals surface area contributed by atoms with Gasteiger partial charge in [-0.3, -0.25) is 0 Å². The summed E-state index contributed by atoms with van der Waals surface area (Å²) in [5.41, 5.74) is 5.87. The Morgan fingerprint density at radius 1 is 1.09 bits per heavy atom. The molecule has 0 radical (unpaired) electrons. The molecular weight excluding hydrogens is 400 g/mol. The third-order valence-corrected chi connectivity index (χ3v) is 6.10. The van der Waals surface area contributed by atoms with E-state index in [1.165, 1.54) is 23.8 Å². The molecule has 0 amide bonds. The quantitative estimate of drug-likeness (QED) is 0.560. The lowest BCUT2D eigenvalue weighted by Crippen LogP contribution is -2.36. The van der Waals surface area contributed by atoms with E-state index < -0.39 is 12.1 Å². The van der Waals surface area contributed by atoms with Gasteiger partial charge in [0.1, 0.15) is 12.4 Å². The smallest absolute Gasteiger partial charge is 0.333 e. The van der Waals surface area contributed by atoms with Crippen molar-refractivity contribution in [2.24, 2.45) is 0 Å². The van der Waals surface area contributed by atoms with E-state index in [-0.39, 0.29) is 5.41 Å². The number of ether oxygens (including phenoxy) is 2. The zero-order valence-corrected chi connectivity index (χ0v) is 18.3. The Balaban J connectivity index is 1.33. The molecule has 0 saturated carbocycles. The number of benzene rings is 3. The molecule has 4 heteroatoms. The molecule has 2 atom stereocenters. The van der Waals surface area contributed by atoms with Crippen LogP contribution in [-0.4, -0.2) is 30.9 Å². The summed E-state index contributed by atoms with van der Waals surface area (Å²) in [6, 6.07) is 24.4. The fourth-order valence-electron chi connectivity index (χ4n) is 4.24. The zero-order chi connectivity index (χ0) is 22.6. The molecule has 0 saturated heterocycles. The van der Waals surface area contributed by atoms with Crippen LogP contribution in [0, 0.1) is 11.8 Å². The summed E-state index contributed by atoms with van der Waals surface area (Å²) in [4.78, 5) is 11.1. The van der Waals surface area contributed by atoms with Crippen molar-refractivity contribution >= 4 is 5.97 Å². The Hall–Kier alpha value is -3.55. The molecule has 0 aliphatic heterocycles. The van der Waals surface area contributed by atoms with Crippen molar-refractivity contribution in [1.29, 1.82) is 0 Å². The number of rotatable bonds is 7. The minimum Gasteiger partial charge on any atom is -0.481 e. The minimum absolute atomic E-state index is 0.0782. The molecule has 1 N–H and O–H groups in total. The number of aliphatic carboxylic acids is 1. The first-order valence-corrected chi connectivity index (χ1v) is 10.6. The van der Waals surface area contributed by atoms with Gasteiger partial charge in [-0.25, -0.2) is 4.79 Å². The van der Waals surface area contributed by atoms with Crippen LogP contribution in [0.1, 0.15) is 34.7 Å². The predicted molar refractivity (Wildman–Crippen MR) is 124 cm³/mol. The summed E-state index contributed by atoms with van der Waals surface area (Å²) in [7, 11) is 1.40. The molecule has 1 aliphatic rings. The summed E-state index contributed by atoms with van der Waals surface area (Å²) >= 11 is 0. The summed E-state index contributed by atoms with van der Waals surface area (Å²) in [6.07, 6.45) is 0.492. The molecule has 0 aromatic heterocycles. The Kier molecular flexibility index (Phi) is 6.30. The van der Waals surface area contributed by atoms with Gasteiger partial charge in [0.2, 0.25) is 0 Å². The third kappa shape index (κ3) is 4.54. The maximum absolute atomic E-state index is 11.1. The standard InChI is InChI=1S/C28H26O4/c1-28(23-8-4-3-5-9-23)19-22-18-24(14-15-25(22)28)32-16-6-7-20-10-12-21(13-11-20)17-26(31-2)27(29)30/h3-5,8-15,18,26H,16-17,19H2,1-2H3,(H,29,30)/t26-,28?/m0/s1. The second kappa shape index (κ2) is 9.30. The molecule has 1 aliphatic carbocycles. The van der Waals surface area contributed by atoms with Crippen LogP contribution in [0.5, 0.6) is 5.75 Å². The van der Waals surface area contributed by atoms with Gasteiger partial charge in [0, 0.05) is 24.5 Å². The van der Waals surface area contributed by atoms with Crippen molar-refractivity contribution in [3.8, 4) is 17.6 Å². The first kappa shape index (κ1) is 21.7. The third-order valence-electron chi connectivity index (χ3n) is 6.10. The van der Waals surface area contributed by atoms with Gasteiger partial charge in [-0.2, -0.15) is 0 Å². The Morgan fingerprint density at radius 2 is 1.84 bits per heavy atom. The first-order valence-electron chi connectivity index (χ1n) is 10.6. The molecule has 162 valence electrons.